The summed E-state index contributed by atoms with van der Waals surface area (Å²) in [7, 11) is -2.25. The van der Waals surface area contributed by atoms with Crippen molar-refractivity contribution >= 4 is 33.2 Å². The third kappa shape index (κ3) is 7.82. The van der Waals surface area contributed by atoms with Crippen LogP contribution in [0.25, 0.3) is 0 Å². The predicted octanol–water partition coefficient (Wildman–Crippen LogP) is 3.05. The van der Waals surface area contributed by atoms with Crippen LogP contribution in [-0.2, 0) is 26.2 Å². The quantitative estimate of drug-likeness (QED) is 0.361. The van der Waals surface area contributed by atoms with Gasteiger partial charge in [-0.25, -0.2) is 8.42 Å². The van der Waals surface area contributed by atoms with Gasteiger partial charge in [0.25, 0.3) is 5.91 Å². The largest absolute Gasteiger partial charge is 0.489 e. The fraction of sp³-hybridized carbons (Fsp3) is 0.231. The maximum Gasteiger partial charge on any atom is 0.253 e. The molecular weight excluding hydrogens is 482 g/mol. The topological polar surface area (TPSA) is 114 Å². The monoisotopic (exact) mass is 511 g/mol. The van der Waals surface area contributed by atoms with Crippen LogP contribution in [0.5, 0.6) is 5.75 Å². The number of methoxy groups -OCH3 is 1. The van der Waals surface area contributed by atoms with E-state index in [0.29, 0.717) is 31.2 Å². The Balaban J connectivity index is 1.68. The minimum atomic E-state index is -3.78. The zero-order chi connectivity index (χ0) is 26.0. The number of amides is 2. The van der Waals surface area contributed by atoms with Gasteiger partial charge in [0, 0.05) is 13.7 Å². The van der Waals surface area contributed by atoms with Gasteiger partial charge in [0.2, 0.25) is 15.9 Å². The molecule has 0 aliphatic carbocycles. The summed E-state index contributed by atoms with van der Waals surface area (Å²) in [6.07, 6.45) is 1.03. The van der Waals surface area contributed by atoms with Crippen molar-refractivity contribution in [3.05, 3.63) is 90.0 Å². The number of carbonyl (C=O) groups is 2. The zero-order valence-corrected chi connectivity index (χ0v) is 21.0. The Kier molecular flexibility index (Phi) is 9.43. The summed E-state index contributed by atoms with van der Waals surface area (Å²) in [6.45, 7) is 0.559. The summed E-state index contributed by atoms with van der Waals surface area (Å²) in [5, 5.41) is 5.34. The molecule has 2 amide bonds. The molecule has 9 nitrogen and oxygen atoms in total. The van der Waals surface area contributed by atoms with Crippen molar-refractivity contribution in [3.63, 3.8) is 0 Å². The Morgan fingerprint density at radius 3 is 2.25 bits per heavy atom. The van der Waals surface area contributed by atoms with Gasteiger partial charge >= 0.3 is 0 Å². The van der Waals surface area contributed by atoms with Crippen LogP contribution in [0.15, 0.2) is 78.9 Å². The first-order valence-electron chi connectivity index (χ1n) is 11.2. The highest BCUT2D eigenvalue weighted by atomic mass is 32.2. The number of para-hydroxylation sites is 1. The SMILES string of the molecule is COCCNC(=O)c1ccccc1NC(=O)CN(c1ccc(OCc2ccccc2)cc1)S(C)(=O)=O. The lowest BCUT2D eigenvalue weighted by molar-refractivity contribution is -0.114. The first-order valence-corrected chi connectivity index (χ1v) is 13.0. The number of sulfonamides is 1. The first kappa shape index (κ1) is 26.7. The Morgan fingerprint density at radius 1 is 0.917 bits per heavy atom. The molecule has 3 aromatic rings. The Labute approximate surface area is 211 Å². The van der Waals surface area contributed by atoms with Crippen molar-refractivity contribution in [1.29, 1.82) is 0 Å². The van der Waals surface area contributed by atoms with E-state index in [2.05, 4.69) is 10.6 Å². The second kappa shape index (κ2) is 12.7. The number of rotatable bonds is 12. The lowest BCUT2D eigenvalue weighted by Gasteiger charge is -2.22. The minimum absolute atomic E-state index is 0.257. The van der Waals surface area contributed by atoms with E-state index in [4.69, 9.17) is 9.47 Å². The predicted molar refractivity (Wildman–Crippen MR) is 139 cm³/mol. The second-order valence-electron chi connectivity index (χ2n) is 7.88. The summed E-state index contributed by atoms with van der Waals surface area (Å²) in [5.41, 5.74) is 1.84. The fourth-order valence-corrected chi connectivity index (χ4v) is 4.18. The number of hydrogen-bond acceptors (Lipinski definition) is 6. The van der Waals surface area contributed by atoms with Crippen molar-refractivity contribution in [2.75, 3.05) is 42.7 Å². The summed E-state index contributed by atoms with van der Waals surface area (Å²) >= 11 is 0. The lowest BCUT2D eigenvalue weighted by Crippen LogP contribution is -2.37. The van der Waals surface area contributed by atoms with Crippen molar-refractivity contribution in [3.8, 4) is 5.75 Å². The molecule has 0 unspecified atom stereocenters. The molecule has 2 N–H and O–H groups in total. The smallest absolute Gasteiger partial charge is 0.253 e. The van der Waals surface area contributed by atoms with Gasteiger partial charge in [0.15, 0.2) is 0 Å². The van der Waals surface area contributed by atoms with Crippen molar-refractivity contribution < 1.29 is 27.5 Å². The standard InChI is InChI=1S/C26H29N3O6S/c1-34-17-16-27-26(31)23-10-6-7-11-24(23)28-25(30)18-29(36(2,32)33)21-12-14-22(15-13-21)35-19-20-8-4-3-5-9-20/h3-15H,16-19H2,1-2H3,(H,27,31)(H,28,30). The molecule has 0 atom stereocenters. The number of hydrogen-bond donors (Lipinski definition) is 2. The zero-order valence-electron chi connectivity index (χ0n) is 20.1. The molecule has 3 aromatic carbocycles. The van der Waals surface area contributed by atoms with Gasteiger partial charge < -0.3 is 20.1 Å². The molecular formula is C26H29N3O6S. The molecule has 10 heteroatoms. The maximum atomic E-state index is 12.8. The molecule has 0 radical (unpaired) electrons. The second-order valence-corrected chi connectivity index (χ2v) is 9.79. The molecule has 0 aliphatic heterocycles. The van der Waals surface area contributed by atoms with Crippen LogP contribution in [0.2, 0.25) is 0 Å². The number of carbonyl (C=O) groups excluding carboxylic acids is 2. The van der Waals surface area contributed by atoms with E-state index in [1.807, 2.05) is 30.3 Å². The molecule has 190 valence electrons. The number of nitrogens with one attached hydrogen (secondary N) is 2. The fourth-order valence-electron chi connectivity index (χ4n) is 3.32. The highest BCUT2D eigenvalue weighted by Gasteiger charge is 2.22. The van der Waals surface area contributed by atoms with Crippen LogP contribution in [0.4, 0.5) is 11.4 Å². The van der Waals surface area contributed by atoms with Crippen molar-refractivity contribution in [2.24, 2.45) is 0 Å². The van der Waals surface area contributed by atoms with E-state index in [0.717, 1.165) is 16.1 Å². The van der Waals surface area contributed by atoms with Crippen LogP contribution in [0.3, 0.4) is 0 Å². The number of benzene rings is 3. The van der Waals surface area contributed by atoms with Gasteiger partial charge in [-0.1, -0.05) is 42.5 Å². The maximum absolute atomic E-state index is 12.8. The van der Waals surface area contributed by atoms with Gasteiger partial charge in [-0.05, 0) is 42.0 Å². The van der Waals surface area contributed by atoms with Crippen LogP contribution >= 0.6 is 0 Å². The summed E-state index contributed by atoms with van der Waals surface area (Å²) in [4.78, 5) is 25.3. The van der Waals surface area contributed by atoms with Gasteiger partial charge in [-0.3, -0.25) is 13.9 Å². The molecule has 0 aromatic heterocycles. The van der Waals surface area contributed by atoms with Crippen molar-refractivity contribution in [2.45, 2.75) is 6.61 Å². The highest BCUT2D eigenvalue weighted by Crippen LogP contribution is 2.23. The minimum Gasteiger partial charge on any atom is -0.489 e. The number of nitrogens with zero attached hydrogens (tertiary/aromatic N) is 1. The van der Waals surface area contributed by atoms with Crippen LogP contribution in [-0.4, -0.2) is 53.3 Å². The Morgan fingerprint density at radius 2 is 1.58 bits per heavy atom. The average Bonchev–Trinajstić information content (AvgIpc) is 2.87. The van der Waals surface area contributed by atoms with Gasteiger partial charge in [-0.2, -0.15) is 0 Å². The lowest BCUT2D eigenvalue weighted by atomic mass is 10.1. The Bertz CT molecular complexity index is 1260. The van der Waals surface area contributed by atoms with E-state index < -0.39 is 22.5 Å². The van der Waals surface area contributed by atoms with E-state index in [9.17, 15) is 18.0 Å². The molecule has 0 saturated heterocycles. The molecule has 0 aliphatic rings. The van der Waals surface area contributed by atoms with Crippen LogP contribution in [0.1, 0.15) is 15.9 Å². The molecule has 0 heterocycles. The summed E-state index contributed by atoms with van der Waals surface area (Å²) in [6, 6.07) is 22.6. The number of anilines is 2. The third-order valence-electron chi connectivity index (χ3n) is 5.10. The summed E-state index contributed by atoms with van der Waals surface area (Å²) in [5.74, 6) is -0.412. The van der Waals surface area contributed by atoms with Crippen LogP contribution < -0.4 is 19.7 Å². The molecule has 0 fully saturated rings. The van der Waals surface area contributed by atoms with E-state index in [1.165, 1.54) is 7.11 Å². The van der Waals surface area contributed by atoms with E-state index >= 15 is 0 Å². The summed E-state index contributed by atoms with van der Waals surface area (Å²) < 4.78 is 36.6. The first-order chi connectivity index (χ1) is 17.3. The molecule has 0 saturated carbocycles. The highest BCUT2D eigenvalue weighted by molar-refractivity contribution is 7.92. The van der Waals surface area contributed by atoms with Crippen LogP contribution in [0, 0.1) is 0 Å². The normalized spacial score (nSPS) is 10.9. The van der Waals surface area contributed by atoms with Gasteiger partial charge in [0.05, 0.1) is 29.8 Å². The average molecular weight is 512 g/mol. The number of ether oxygens (including phenoxy) is 2. The molecule has 0 spiro atoms. The van der Waals surface area contributed by atoms with Gasteiger partial charge in [-0.15, -0.1) is 0 Å². The molecule has 0 bridgehead atoms. The molecule has 36 heavy (non-hydrogen) atoms. The Hall–Kier alpha value is -3.89. The third-order valence-corrected chi connectivity index (χ3v) is 6.24. The van der Waals surface area contributed by atoms with Crippen molar-refractivity contribution in [1.82, 2.24) is 5.32 Å². The molecule has 3 rings (SSSR count). The van der Waals surface area contributed by atoms with Gasteiger partial charge in [0.1, 0.15) is 18.9 Å². The van der Waals surface area contributed by atoms with E-state index in [-0.39, 0.29) is 17.2 Å². The van der Waals surface area contributed by atoms with E-state index in [1.54, 1.807) is 48.5 Å².